The molecule has 114 valence electrons. The van der Waals surface area contributed by atoms with Crippen molar-refractivity contribution < 1.29 is 14.3 Å². The first kappa shape index (κ1) is 14.2. The Morgan fingerprint density at radius 2 is 2.10 bits per heavy atom. The van der Waals surface area contributed by atoms with Gasteiger partial charge in [0.15, 0.2) is 11.5 Å². The van der Waals surface area contributed by atoms with Crippen LogP contribution in [-0.2, 0) is 0 Å². The van der Waals surface area contributed by atoms with E-state index >= 15 is 0 Å². The summed E-state index contributed by atoms with van der Waals surface area (Å²) in [6.07, 6.45) is 3.34. The summed E-state index contributed by atoms with van der Waals surface area (Å²) in [5, 5.41) is 3.19. The van der Waals surface area contributed by atoms with Crippen LogP contribution in [0.1, 0.15) is 29.6 Å². The quantitative estimate of drug-likeness (QED) is 0.920. The minimum Gasteiger partial charge on any atom is -0.486 e. The minimum absolute atomic E-state index is 0.0897. The largest absolute Gasteiger partial charge is 0.486 e. The number of carbonyl (C=O) groups excluding carboxylic acids is 1. The molecule has 1 aromatic carbocycles. The predicted octanol–water partition coefficient (Wildman–Crippen LogP) is 1.67. The highest BCUT2D eigenvalue weighted by atomic mass is 16.6. The van der Waals surface area contributed by atoms with Gasteiger partial charge in [0.25, 0.3) is 5.91 Å². The van der Waals surface area contributed by atoms with Gasteiger partial charge in [-0.05, 0) is 44.5 Å². The summed E-state index contributed by atoms with van der Waals surface area (Å²) in [4.78, 5) is 14.8. The van der Waals surface area contributed by atoms with Crippen molar-refractivity contribution in [1.29, 1.82) is 0 Å². The zero-order valence-electron chi connectivity index (χ0n) is 12.4. The summed E-state index contributed by atoms with van der Waals surface area (Å²) in [5.74, 6) is 1.49. The van der Waals surface area contributed by atoms with Gasteiger partial charge in [-0.1, -0.05) is 0 Å². The molecule has 0 spiro atoms. The number of benzene rings is 1. The minimum atomic E-state index is 0.0897. The van der Waals surface area contributed by atoms with E-state index in [1.165, 1.54) is 6.42 Å². The van der Waals surface area contributed by atoms with Gasteiger partial charge in [0.2, 0.25) is 0 Å². The number of carbonyl (C=O) groups is 1. The Kier molecular flexibility index (Phi) is 4.29. The van der Waals surface area contributed by atoms with Crippen LogP contribution in [0, 0.1) is 0 Å². The first-order chi connectivity index (χ1) is 10.3. The number of nitrogens with one attached hydrogen (secondary N) is 1. The normalized spacial score (nSPS) is 21.2. The number of hydrogen-bond donors (Lipinski definition) is 1. The fourth-order valence-electron chi connectivity index (χ4n) is 3.06. The van der Waals surface area contributed by atoms with Crippen LogP contribution in [0.15, 0.2) is 18.2 Å². The predicted molar refractivity (Wildman–Crippen MR) is 80.0 cm³/mol. The molecule has 5 heteroatoms. The van der Waals surface area contributed by atoms with Crippen LogP contribution in [0.2, 0.25) is 0 Å². The zero-order chi connectivity index (χ0) is 14.7. The number of likely N-dealkylation sites (tertiary alicyclic amines) is 1. The van der Waals surface area contributed by atoms with E-state index in [4.69, 9.17) is 9.47 Å². The second-order valence-electron chi connectivity index (χ2n) is 5.56. The third-order valence-corrected chi connectivity index (χ3v) is 4.12. The van der Waals surface area contributed by atoms with E-state index in [0.29, 0.717) is 24.5 Å². The Hall–Kier alpha value is -1.75. The number of amides is 1. The fourth-order valence-corrected chi connectivity index (χ4v) is 3.06. The standard InChI is InChI=1S/C16H22N2O3/c1-17-11-13-4-2-3-7-18(13)16(19)12-5-6-14-15(10-12)21-9-8-20-14/h5-6,10,13,17H,2-4,7-9,11H2,1H3. The molecule has 3 rings (SSSR count). The first-order valence-corrected chi connectivity index (χ1v) is 7.65. The highest BCUT2D eigenvalue weighted by Crippen LogP contribution is 2.31. The number of hydrogen-bond acceptors (Lipinski definition) is 4. The van der Waals surface area contributed by atoms with Crippen LogP contribution in [0.3, 0.4) is 0 Å². The number of ether oxygens (including phenoxy) is 2. The van der Waals surface area contributed by atoms with Crippen molar-refractivity contribution in [3.8, 4) is 11.5 Å². The van der Waals surface area contributed by atoms with Crippen LogP contribution in [-0.4, -0.2) is 50.2 Å². The van der Waals surface area contributed by atoms with Crippen LogP contribution in [0.25, 0.3) is 0 Å². The second-order valence-corrected chi connectivity index (χ2v) is 5.56. The van der Waals surface area contributed by atoms with E-state index in [1.54, 1.807) is 0 Å². The van der Waals surface area contributed by atoms with Crippen molar-refractivity contribution in [3.63, 3.8) is 0 Å². The van der Waals surface area contributed by atoms with Crippen molar-refractivity contribution >= 4 is 5.91 Å². The monoisotopic (exact) mass is 290 g/mol. The molecule has 2 aliphatic rings. The summed E-state index contributed by atoms with van der Waals surface area (Å²) in [7, 11) is 1.93. The van der Waals surface area contributed by atoms with E-state index in [1.807, 2.05) is 30.1 Å². The second kappa shape index (κ2) is 6.35. The maximum Gasteiger partial charge on any atom is 0.254 e. The summed E-state index contributed by atoms with van der Waals surface area (Å²) in [6.45, 7) is 2.78. The van der Waals surface area contributed by atoms with Gasteiger partial charge < -0.3 is 19.7 Å². The molecular weight excluding hydrogens is 268 g/mol. The summed E-state index contributed by atoms with van der Waals surface area (Å²) in [6, 6.07) is 5.76. The van der Waals surface area contributed by atoms with Crippen molar-refractivity contribution in [2.75, 3.05) is 33.4 Å². The molecule has 0 bridgehead atoms. The molecule has 1 aromatic rings. The Bertz CT molecular complexity index is 516. The zero-order valence-corrected chi connectivity index (χ0v) is 12.4. The molecule has 2 heterocycles. The van der Waals surface area contributed by atoms with E-state index < -0.39 is 0 Å². The van der Waals surface area contributed by atoms with Gasteiger partial charge in [0.1, 0.15) is 13.2 Å². The molecule has 1 saturated heterocycles. The van der Waals surface area contributed by atoms with E-state index in [-0.39, 0.29) is 11.9 Å². The van der Waals surface area contributed by atoms with Crippen molar-refractivity contribution in [1.82, 2.24) is 10.2 Å². The number of rotatable bonds is 3. The lowest BCUT2D eigenvalue weighted by Crippen LogP contribution is -2.48. The molecule has 1 fully saturated rings. The van der Waals surface area contributed by atoms with Gasteiger partial charge in [-0.25, -0.2) is 0 Å². The molecule has 2 aliphatic heterocycles. The lowest BCUT2D eigenvalue weighted by atomic mass is 10.0. The SMILES string of the molecule is CNCC1CCCCN1C(=O)c1ccc2c(c1)OCCO2. The summed E-state index contributed by atoms with van der Waals surface area (Å²) >= 11 is 0. The van der Waals surface area contributed by atoms with Crippen LogP contribution >= 0.6 is 0 Å². The van der Waals surface area contributed by atoms with Crippen LogP contribution in [0.4, 0.5) is 0 Å². The number of piperidine rings is 1. The number of likely N-dealkylation sites (N-methyl/N-ethyl adjacent to an activating group) is 1. The third kappa shape index (κ3) is 2.97. The van der Waals surface area contributed by atoms with Crippen molar-refractivity contribution in [2.24, 2.45) is 0 Å². The number of nitrogens with zero attached hydrogens (tertiary/aromatic N) is 1. The molecule has 1 atom stereocenters. The highest BCUT2D eigenvalue weighted by molar-refractivity contribution is 5.95. The average Bonchev–Trinajstić information content (AvgIpc) is 2.54. The Labute approximate surface area is 125 Å². The van der Waals surface area contributed by atoms with Crippen LogP contribution in [0.5, 0.6) is 11.5 Å². The van der Waals surface area contributed by atoms with Gasteiger partial charge in [-0.15, -0.1) is 0 Å². The Morgan fingerprint density at radius 3 is 2.90 bits per heavy atom. The number of fused-ring (bicyclic) bond motifs is 1. The van der Waals surface area contributed by atoms with Gasteiger partial charge in [0.05, 0.1) is 0 Å². The topological polar surface area (TPSA) is 50.8 Å². The van der Waals surface area contributed by atoms with Crippen LogP contribution < -0.4 is 14.8 Å². The van der Waals surface area contributed by atoms with E-state index in [2.05, 4.69) is 5.32 Å². The Morgan fingerprint density at radius 1 is 1.29 bits per heavy atom. The fraction of sp³-hybridized carbons (Fsp3) is 0.562. The molecule has 0 aromatic heterocycles. The molecular formula is C16H22N2O3. The molecule has 0 aliphatic carbocycles. The molecule has 0 radical (unpaired) electrons. The van der Waals surface area contributed by atoms with Gasteiger partial charge in [0, 0.05) is 24.7 Å². The lowest BCUT2D eigenvalue weighted by molar-refractivity contribution is 0.0614. The lowest BCUT2D eigenvalue weighted by Gasteiger charge is -2.36. The molecule has 5 nitrogen and oxygen atoms in total. The molecule has 1 amide bonds. The summed E-state index contributed by atoms with van der Waals surface area (Å²) < 4.78 is 11.1. The van der Waals surface area contributed by atoms with E-state index in [0.717, 1.165) is 31.7 Å². The van der Waals surface area contributed by atoms with E-state index in [9.17, 15) is 4.79 Å². The maximum atomic E-state index is 12.8. The molecule has 1 N–H and O–H groups in total. The molecule has 0 saturated carbocycles. The summed E-state index contributed by atoms with van der Waals surface area (Å²) in [5.41, 5.74) is 0.683. The van der Waals surface area contributed by atoms with Crippen molar-refractivity contribution in [2.45, 2.75) is 25.3 Å². The Balaban J connectivity index is 1.80. The van der Waals surface area contributed by atoms with Crippen molar-refractivity contribution in [3.05, 3.63) is 23.8 Å². The highest BCUT2D eigenvalue weighted by Gasteiger charge is 2.27. The third-order valence-electron chi connectivity index (χ3n) is 4.12. The smallest absolute Gasteiger partial charge is 0.254 e. The molecule has 21 heavy (non-hydrogen) atoms. The average molecular weight is 290 g/mol. The van der Waals surface area contributed by atoms with Gasteiger partial charge in [-0.2, -0.15) is 0 Å². The molecule has 1 unspecified atom stereocenters. The maximum absolute atomic E-state index is 12.8. The van der Waals surface area contributed by atoms with Gasteiger partial charge in [-0.3, -0.25) is 4.79 Å². The first-order valence-electron chi connectivity index (χ1n) is 7.65. The van der Waals surface area contributed by atoms with Gasteiger partial charge >= 0.3 is 0 Å².